The number of hydrogen-bond donors (Lipinski definition) is 1. The van der Waals surface area contributed by atoms with E-state index in [1.807, 2.05) is 32.0 Å². The van der Waals surface area contributed by atoms with E-state index in [0.29, 0.717) is 22.7 Å². The van der Waals surface area contributed by atoms with Crippen molar-refractivity contribution in [2.24, 2.45) is 0 Å². The zero-order valence-corrected chi connectivity index (χ0v) is 22.5. The molecule has 5 amide bonds. The van der Waals surface area contributed by atoms with Crippen LogP contribution < -0.4 is 19.9 Å². The Morgan fingerprint density at radius 2 is 1.29 bits per heavy atom. The SMILES string of the molecule is Cc1cccc(NC(=O)COc2ccc(C=C3C(=O)N(c4ccccc4)C(=O)N(c4ccccc4)C3=O)cc2)c1C. The van der Waals surface area contributed by atoms with Gasteiger partial charge in [-0.1, -0.05) is 60.7 Å². The number of aryl methyl sites for hydroxylation is 1. The van der Waals surface area contributed by atoms with E-state index in [4.69, 9.17) is 4.74 Å². The van der Waals surface area contributed by atoms with Gasteiger partial charge in [-0.05, 0) is 79.1 Å². The number of urea groups is 1. The Morgan fingerprint density at radius 3 is 1.85 bits per heavy atom. The fourth-order valence-corrected chi connectivity index (χ4v) is 4.39. The molecule has 1 heterocycles. The summed E-state index contributed by atoms with van der Waals surface area (Å²) in [5.74, 6) is -1.30. The van der Waals surface area contributed by atoms with E-state index in [9.17, 15) is 19.2 Å². The van der Waals surface area contributed by atoms with Gasteiger partial charge in [-0.2, -0.15) is 0 Å². The molecule has 8 heteroatoms. The van der Waals surface area contributed by atoms with E-state index < -0.39 is 17.8 Å². The highest BCUT2D eigenvalue weighted by Crippen LogP contribution is 2.29. The van der Waals surface area contributed by atoms with Gasteiger partial charge in [0.2, 0.25) is 0 Å². The second-order valence-electron chi connectivity index (χ2n) is 9.45. The van der Waals surface area contributed by atoms with E-state index in [-0.39, 0.29) is 18.1 Å². The number of carbonyl (C=O) groups is 4. The topological polar surface area (TPSA) is 96.0 Å². The van der Waals surface area contributed by atoms with Gasteiger partial charge in [0, 0.05) is 5.69 Å². The van der Waals surface area contributed by atoms with Gasteiger partial charge in [0.1, 0.15) is 11.3 Å². The Kier molecular flexibility index (Phi) is 7.74. The zero-order chi connectivity index (χ0) is 28.9. The van der Waals surface area contributed by atoms with Crippen molar-refractivity contribution < 1.29 is 23.9 Å². The first-order valence-electron chi connectivity index (χ1n) is 13.0. The van der Waals surface area contributed by atoms with Crippen LogP contribution in [0.1, 0.15) is 16.7 Å². The summed E-state index contributed by atoms with van der Waals surface area (Å²) in [5.41, 5.74) is 3.88. The molecule has 5 rings (SSSR count). The average Bonchev–Trinajstić information content (AvgIpc) is 2.98. The minimum absolute atomic E-state index is 0.168. The number of para-hydroxylation sites is 2. The molecule has 1 saturated heterocycles. The lowest BCUT2D eigenvalue weighted by molar-refractivity contribution is -0.121. The third-order valence-electron chi connectivity index (χ3n) is 6.72. The van der Waals surface area contributed by atoms with Crippen molar-refractivity contribution in [1.82, 2.24) is 0 Å². The number of barbiturate groups is 1. The lowest BCUT2D eigenvalue weighted by atomic mass is 10.0. The van der Waals surface area contributed by atoms with Gasteiger partial charge in [-0.3, -0.25) is 14.4 Å². The molecule has 0 atom stereocenters. The highest BCUT2D eigenvalue weighted by atomic mass is 16.5. The number of ether oxygens (including phenoxy) is 1. The molecule has 0 radical (unpaired) electrons. The summed E-state index contributed by atoms with van der Waals surface area (Å²) in [6.45, 7) is 3.73. The number of imide groups is 2. The van der Waals surface area contributed by atoms with Crippen molar-refractivity contribution >= 4 is 46.9 Å². The zero-order valence-electron chi connectivity index (χ0n) is 22.5. The summed E-state index contributed by atoms with van der Waals surface area (Å²) in [5, 5.41) is 2.85. The number of nitrogens with zero attached hydrogens (tertiary/aromatic N) is 2. The van der Waals surface area contributed by atoms with Crippen LogP contribution in [0, 0.1) is 13.8 Å². The fraction of sp³-hybridized carbons (Fsp3) is 0.0909. The fourth-order valence-electron chi connectivity index (χ4n) is 4.39. The maximum Gasteiger partial charge on any atom is 0.343 e. The van der Waals surface area contributed by atoms with Gasteiger partial charge >= 0.3 is 6.03 Å². The molecule has 4 aromatic rings. The quantitative estimate of drug-likeness (QED) is 0.230. The van der Waals surface area contributed by atoms with Gasteiger partial charge in [-0.15, -0.1) is 0 Å². The molecule has 0 aliphatic carbocycles. The van der Waals surface area contributed by atoms with Crippen molar-refractivity contribution in [2.45, 2.75) is 13.8 Å². The van der Waals surface area contributed by atoms with Crippen LogP contribution in [0.15, 0.2) is 109 Å². The first-order chi connectivity index (χ1) is 19.8. The molecular formula is C33H27N3O5. The van der Waals surface area contributed by atoms with Crippen molar-refractivity contribution in [3.63, 3.8) is 0 Å². The number of rotatable bonds is 7. The lowest BCUT2D eigenvalue weighted by Gasteiger charge is -2.33. The minimum Gasteiger partial charge on any atom is -0.484 e. The van der Waals surface area contributed by atoms with Crippen molar-refractivity contribution in [2.75, 3.05) is 21.7 Å². The lowest BCUT2D eigenvalue weighted by Crippen LogP contribution is -2.57. The molecule has 0 spiro atoms. The van der Waals surface area contributed by atoms with E-state index in [0.717, 1.165) is 26.6 Å². The predicted octanol–water partition coefficient (Wildman–Crippen LogP) is 5.90. The van der Waals surface area contributed by atoms with Crippen molar-refractivity contribution in [3.8, 4) is 5.75 Å². The number of nitrogens with one attached hydrogen (secondary N) is 1. The molecule has 8 nitrogen and oxygen atoms in total. The molecule has 0 aromatic heterocycles. The van der Waals surface area contributed by atoms with E-state index in [1.165, 1.54) is 6.08 Å². The number of amides is 5. The largest absolute Gasteiger partial charge is 0.484 e. The molecule has 1 fully saturated rings. The van der Waals surface area contributed by atoms with Crippen LogP contribution in [-0.4, -0.2) is 30.4 Å². The standard InChI is InChI=1S/C33H27N3O5/c1-22-10-9-15-29(23(22)2)34-30(37)21-41-27-18-16-24(17-19-27)20-28-31(38)35(25-11-5-3-6-12-25)33(40)36(32(28)39)26-13-7-4-8-14-26/h3-20H,21H2,1-2H3,(H,34,37). The Labute approximate surface area is 237 Å². The van der Waals surface area contributed by atoms with E-state index in [2.05, 4.69) is 5.32 Å². The van der Waals surface area contributed by atoms with Crippen molar-refractivity contribution in [3.05, 3.63) is 125 Å². The monoisotopic (exact) mass is 545 g/mol. The molecule has 4 aromatic carbocycles. The molecule has 1 aliphatic rings. The molecule has 0 saturated carbocycles. The summed E-state index contributed by atoms with van der Waals surface area (Å²) in [4.78, 5) is 54.8. The summed E-state index contributed by atoms with van der Waals surface area (Å²) < 4.78 is 5.63. The molecule has 0 bridgehead atoms. The molecule has 1 N–H and O–H groups in total. The molecular weight excluding hydrogens is 518 g/mol. The molecule has 0 unspecified atom stereocenters. The number of anilines is 3. The average molecular weight is 546 g/mol. The number of carbonyl (C=O) groups excluding carboxylic acids is 4. The van der Waals surface area contributed by atoms with Gasteiger partial charge in [-0.25, -0.2) is 14.6 Å². The Bertz CT molecular complexity index is 1580. The molecule has 204 valence electrons. The molecule has 41 heavy (non-hydrogen) atoms. The Hall–Kier alpha value is -5.50. The van der Waals surface area contributed by atoms with Crippen LogP contribution in [0.25, 0.3) is 6.08 Å². The van der Waals surface area contributed by atoms with Crippen LogP contribution in [0.4, 0.5) is 21.9 Å². The number of benzene rings is 4. The third-order valence-corrected chi connectivity index (χ3v) is 6.72. The Balaban J connectivity index is 1.36. The normalized spacial score (nSPS) is 13.3. The maximum atomic E-state index is 13.5. The van der Waals surface area contributed by atoms with Gasteiger partial charge in [0.25, 0.3) is 17.7 Å². The van der Waals surface area contributed by atoms with Crippen LogP contribution in [0.5, 0.6) is 5.75 Å². The number of hydrogen-bond acceptors (Lipinski definition) is 5. The highest BCUT2D eigenvalue weighted by molar-refractivity contribution is 6.46. The second kappa shape index (κ2) is 11.7. The van der Waals surface area contributed by atoms with Gasteiger partial charge < -0.3 is 10.1 Å². The summed E-state index contributed by atoms with van der Waals surface area (Å²) in [6.07, 6.45) is 1.44. The highest BCUT2D eigenvalue weighted by Gasteiger charge is 2.43. The Morgan fingerprint density at radius 1 is 0.732 bits per heavy atom. The van der Waals surface area contributed by atoms with Crippen LogP contribution in [0.3, 0.4) is 0 Å². The smallest absolute Gasteiger partial charge is 0.343 e. The summed E-state index contributed by atoms with van der Waals surface area (Å²) in [7, 11) is 0. The van der Waals surface area contributed by atoms with E-state index in [1.54, 1.807) is 84.9 Å². The van der Waals surface area contributed by atoms with Crippen molar-refractivity contribution in [1.29, 1.82) is 0 Å². The van der Waals surface area contributed by atoms with Crippen LogP contribution in [0.2, 0.25) is 0 Å². The third kappa shape index (κ3) is 5.77. The van der Waals surface area contributed by atoms with Gasteiger partial charge in [0.15, 0.2) is 6.61 Å². The van der Waals surface area contributed by atoms with Gasteiger partial charge in [0.05, 0.1) is 11.4 Å². The summed E-state index contributed by atoms with van der Waals surface area (Å²) >= 11 is 0. The molecule has 1 aliphatic heterocycles. The van der Waals surface area contributed by atoms with E-state index >= 15 is 0 Å². The van der Waals surface area contributed by atoms with Crippen LogP contribution >= 0.6 is 0 Å². The predicted molar refractivity (Wildman–Crippen MR) is 158 cm³/mol. The minimum atomic E-state index is -0.752. The first kappa shape index (κ1) is 27.1. The second-order valence-corrected chi connectivity index (χ2v) is 9.45. The van der Waals surface area contributed by atoms with Crippen LogP contribution in [-0.2, 0) is 14.4 Å². The first-order valence-corrected chi connectivity index (χ1v) is 13.0. The maximum absolute atomic E-state index is 13.5. The summed E-state index contributed by atoms with van der Waals surface area (Å²) in [6, 6.07) is 28.5.